The van der Waals surface area contributed by atoms with Crippen LogP contribution in [0.15, 0.2) is 18.2 Å². The third kappa shape index (κ3) is 4.29. The molecule has 1 aliphatic heterocycles. The largest absolute Gasteiger partial charge is 0.311 e. The van der Waals surface area contributed by atoms with Crippen LogP contribution in [0.2, 0.25) is 0 Å². The van der Waals surface area contributed by atoms with Gasteiger partial charge in [-0.15, -0.1) is 0 Å². The minimum atomic E-state index is -0.133. The van der Waals surface area contributed by atoms with Crippen LogP contribution >= 0.6 is 0 Å². The normalized spacial score (nSPS) is 20.7. The van der Waals surface area contributed by atoms with Crippen molar-refractivity contribution in [1.29, 1.82) is 0 Å². The summed E-state index contributed by atoms with van der Waals surface area (Å²) in [5, 5.41) is 3.58. The van der Waals surface area contributed by atoms with Gasteiger partial charge < -0.3 is 10.2 Å². The number of hydrogen-bond acceptors (Lipinski definition) is 2. The van der Waals surface area contributed by atoms with Gasteiger partial charge in [-0.2, -0.15) is 0 Å². The van der Waals surface area contributed by atoms with Crippen LogP contribution in [-0.4, -0.2) is 37.1 Å². The molecule has 0 bridgehead atoms. The molecule has 1 fully saturated rings. The van der Waals surface area contributed by atoms with Crippen molar-refractivity contribution >= 4 is 0 Å². The molecule has 1 N–H and O–H groups in total. The van der Waals surface area contributed by atoms with Crippen molar-refractivity contribution in [3.63, 3.8) is 0 Å². The Kier molecular flexibility index (Phi) is 5.34. The Morgan fingerprint density at radius 3 is 3.00 bits per heavy atom. The van der Waals surface area contributed by atoms with E-state index in [2.05, 4.69) is 17.1 Å². The maximum absolute atomic E-state index is 13.1. The maximum Gasteiger partial charge on any atom is 0.123 e. The molecule has 0 spiro atoms. The summed E-state index contributed by atoms with van der Waals surface area (Å²) in [5.74, 6) is -0.133. The highest BCUT2D eigenvalue weighted by molar-refractivity contribution is 5.26. The lowest BCUT2D eigenvalue weighted by Crippen LogP contribution is -2.50. The zero-order chi connectivity index (χ0) is 13.7. The van der Waals surface area contributed by atoms with Crippen molar-refractivity contribution in [3.8, 4) is 0 Å². The highest BCUT2D eigenvalue weighted by Gasteiger charge is 2.18. The lowest BCUT2D eigenvalue weighted by molar-refractivity contribution is 0.196. The smallest absolute Gasteiger partial charge is 0.123 e. The van der Waals surface area contributed by atoms with E-state index in [0.29, 0.717) is 6.04 Å². The van der Waals surface area contributed by atoms with Crippen LogP contribution in [0.3, 0.4) is 0 Å². The number of benzene rings is 1. The molecule has 1 unspecified atom stereocenters. The minimum absolute atomic E-state index is 0.133. The first-order valence-corrected chi connectivity index (χ1v) is 7.40. The van der Waals surface area contributed by atoms with Gasteiger partial charge in [0, 0.05) is 32.2 Å². The van der Waals surface area contributed by atoms with E-state index in [1.165, 1.54) is 18.4 Å². The number of halogens is 1. The van der Waals surface area contributed by atoms with Gasteiger partial charge in [-0.05, 0) is 43.0 Å². The Labute approximate surface area is 116 Å². The molecule has 3 heteroatoms. The molecule has 2 nitrogen and oxygen atoms in total. The summed E-state index contributed by atoms with van der Waals surface area (Å²) >= 11 is 0. The van der Waals surface area contributed by atoms with Gasteiger partial charge in [0.05, 0.1) is 0 Å². The summed E-state index contributed by atoms with van der Waals surface area (Å²) in [6, 6.07) is 5.77. The fourth-order valence-corrected chi connectivity index (χ4v) is 2.86. The van der Waals surface area contributed by atoms with Gasteiger partial charge in [0.1, 0.15) is 5.82 Å². The third-order valence-corrected chi connectivity index (χ3v) is 3.98. The lowest BCUT2D eigenvalue weighted by Gasteiger charge is -2.33. The number of hydrogen-bond donors (Lipinski definition) is 1. The van der Waals surface area contributed by atoms with Gasteiger partial charge in [-0.1, -0.05) is 19.4 Å². The fourth-order valence-electron chi connectivity index (χ4n) is 2.86. The molecule has 0 amide bonds. The van der Waals surface area contributed by atoms with Gasteiger partial charge in [-0.25, -0.2) is 4.39 Å². The van der Waals surface area contributed by atoms with Gasteiger partial charge in [-0.3, -0.25) is 0 Å². The number of rotatable bonds is 5. The second-order valence-corrected chi connectivity index (χ2v) is 5.56. The Morgan fingerprint density at radius 1 is 1.42 bits per heavy atom. The van der Waals surface area contributed by atoms with E-state index >= 15 is 0 Å². The molecule has 1 aromatic rings. The molecule has 1 saturated heterocycles. The molecule has 0 saturated carbocycles. The van der Waals surface area contributed by atoms with Crippen LogP contribution in [-0.2, 0) is 6.42 Å². The Morgan fingerprint density at radius 2 is 2.26 bits per heavy atom. The fraction of sp³-hybridized carbons (Fsp3) is 0.625. The number of piperazine rings is 1. The molecule has 106 valence electrons. The van der Waals surface area contributed by atoms with Gasteiger partial charge in [0.25, 0.3) is 0 Å². The molecule has 1 atom stereocenters. The predicted octanol–water partition coefficient (Wildman–Crippen LogP) is 2.75. The molecule has 0 aromatic heterocycles. The van der Waals surface area contributed by atoms with Crippen LogP contribution in [0.4, 0.5) is 4.39 Å². The standard InChI is InChI=1S/C16H25FN2/c1-3-4-16-12-19(10-8-18-16)9-7-14-5-6-15(17)11-13(14)2/h5-6,11,16,18H,3-4,7-10,12H2,1-2H3. The third-order valence-electron chi connectivity index (χ3n) is 3.98. The van der Waals surface area contributed by atoms with Crippen molar-refractivity contribution in [2.45, 2.75) is 39.2 Å². The van der Waals surface area contributed by atoms with E-state index in [-0.39, 0.29) is 5.82 Å². The Bertz CT molecular complexity index is 404. The van der Waals surface area contributed by atoms with E-state index in [4.69, 9.17) is 0 Å². The molecule has 1 aromatic carbocycles. The van der Waals surface area contributed by atoms with Gasteiger partial charge in [0.15, 0.2) is 0 Å². The van der Waals surface area contributed by atoms with E-state index in [9.17, 15) is 4.39 Å². The lowest BCUT2D eigenvalue weighted by atomic mass is 10.0. The zero-order valence-corrected chi connectivity index (χ0v) is 12.1. The SMILES string of the molecule is CCCC1CN(CCc2ccc(F)cc2C)CCN1. The second kappa shape index (κ2) is 7.01. The molecule has 0 aliphatic carbocycles. The first kappa shape index (κ1) is 14.5. The highest BCUT2D eigenvalue weighted by atomic mass is 19.1. The molecule has 2 rings (SSSR count). The second-order valence-electron chi connectivity index (χ2n) is 5.56. The summed E-state index contributed by atoms with van der Waals surface area (Å²) in [4.78, 5) is 2.53. The van der Waals surface area contributed by atoms with E-state index < -0.39 is 0 Å². The van der Waals surface area contributed by atoms with Crippen molar-refractivity contribution < 1.29 is 4.39 Å². The average molecular weight is 264 g/mol. The molecular formula is C16H25FN2. The minimum Gasteiger partial charge on any atom is -0.311 e. The first-order valence-electron chi connectivity index (χ1n) is 7.40. The van der Waals surface area contributed by atoms with Gasteiger partial charge in [0.2, 0.25) is 0 Å². The summed E-state index contributed by atoms with van der Waals surface area (Å²) in [6.45, 7) is 8.68. The number of aryl methyl sites for hydroxylation is 1. The number of nitrogens with zero attached hydrogens (tertiary/aromatic N) is 1. The predicted molar refractivity (Wildman–Crippen MR) is 78.0 cm³/mol. The van der Waals surface area contributed by atoms with E-state index in [1.807, 2.05) is 13.0 Å². The Hall–Kier alpha value is -0.930. The summed E-state index contributed by atoms with van der Waals surface area (Å²) in [5.41, 5.74) is 2.34. The monoisotopic (exact) mass is 264 g/mol. The van der Waals surface area contributed by atoms with Crippen LogP contribution in [0.25, 0.3) is 0 Å². The molecule has 0 radical (unpaired) electrons. The highest BCUT2D eigenvalue weighted by Crippen LogP contribution is 2.12. The molecule has 1 heterocycles. The van der Waals surface area contributed by atoms with Crippen molar-refractivity contribution in [2.24, 2.45) is 0 Å². The molecule has 1 aliphatic rings. The maximum atomic E-state index is 13.1. The molecule has 19 heavy (non-hydrogen) atoms. The van der Waals surface area contributed by atoms with Crippen molar-refractivity contribution in [1.82, 2.24) is 10.2 Å². The van der Waals surface area contributed by atoms with Crippen LogP contribution in [0.5, 0.6) is 0 Å². The Balaban J connectivity index is 1.84. The van der Waals surface area contributed by atoms with Gasteiger partial charge >= 0.3 is 0 Å². The summed E-state index contributed by atoms with van der Waals surface area (Å²) in [7, 11) is 0. The topological polar surface area (TPSA) is 15.3 Å². The van der Waals surface area contributed by atoms with Crippen LogP contribution in [0, 0.1) is 12.7 Å². The van der Waals surface area contributed by atoms with Crippen LogP contribution < -0.4 is 5.32 Å². The quantitative estimate of drug-likeness (QED) is 0.879. The summed E-state index contributed by atoms with van der Waals surface area (Å²) < 4.78 is 13.1. The van der Waals surface area contributed by atoms with Crippen molar-refractivity contribution in [2.75, 3.05) is 26.2 Å². The van der Waals surface area contributed by atoms with Crippen molar-refractivity contribution in [3.05, 3.63) is 35.1 Å². The summed E-state index contributed by atoms with van der Waals surface area (Å²) in [6.07, 6.45) is 3.51. The zero-order valence-electron chi connectivity index (χ0n) is 12.1. The first-order chi connectivity index (χ1) is 9.19. The number of nitrogens with one attached hydrogen (secondary N) is 1. The molecular weight excluding hydrogens is 239 g/mol. The van der Waals surface area contributed by atoms with E-state index in [1.54, 1.807) is 12.1 Å². The average Bonchev–Trinajstić information content (AvgIpc) is 2.38. The van der Waals surface area contributed by atoms with Crippen LogP contribution in [0.1, 0.15) is 30.9 Å². The van der Waals surface area contributed by atoms with E-state index in [0.717, 1.165) is 38.2 Å².